The van der Waals surface area contributed by atoms with Gasteiger partial charge in [0.25, 0.3) is 0 Å². The summed E-state index contributed by atoms with van der Waals surface area (Å²) in [5.41, 5.74) is -0.0127. The van der Waals surface area contributed by atoms with E-state index in [0.29, 0.717) is 6.04 Å². The predicted octanol–water partition coefficient (Wildman–Crippen LogP) is 0.922. The molecule has 0 amide bonds. The van der Waals surface area contributed by atoms with Crippen molar-refractivity contribution in [3.8, 4) is 0 Å². The summed E-state index contributed by atoms with van der Waals surface area (Å²) in [7, 11) is 0. The Bertz CT molecular complexity index is 370. The monoisotopic (exact) mass is 219 g/mol. The maximum atomic E-state index is 10.7. The third-order valence-electron chi connectivity index (χ3n) is 3.92. The number of hydrogen-bond donors (Lipinski definition) is 1. The van der Waals surface area contributed by atoms with Crippen LogP contribution in [0.25, 0.3) is 0 Å². The average Bonchev–Trinajstić information content (AvgIpc) is 2.77. The summed E-state index contributed by atoms with van der Waals surface area (Å²) in [6.45, 7) is 2.18. The van der Waals surface area contributed by atoms with Gasteiger partial charge in [0.15, 0.2) is 0 Å². The van der Waals surface area contributed by atoms with Crippen LogP contribution in [0.15, 0.2) is 18.6 Å². The van der Waals surface area contributed by atoms with E-state index in [4.69, 9.17) is 0 Å². The first-order chi connectivity index (χ1) is 7.78. The number of nitrogens with zero attached hydrogens (tertiary/aromatic N) is 3. The third kappa shape index (κ3) is 1.62. The van der Waals surface area contributed by atoms with Crippen LogP contribution in [0.5, 0.6) is 0 Å². The van der Waals surface area contributed by atoms with Gasteiger partial charge in [-0.1, -0.05) is 0 Å². The average molecular weight is 219 g/mol. The fraction of sp³-hybridized carbons (Fsp3) is 0.667. The van der Waals surface area contributed by atoms with Gasteiger partial charge in [0.05, 0.1) is 11.9 Å². The molecule has 1 N–H and O–H groups in total. The fourth-order valence-corrected chi connectivity index (χ4v) is 3.01. The van der Waals surface area contributed by atoms with E-state index in [-0.39, 0.29) is 0 Å². The second-order valence-electron chi connectivity index (χ2n) is 4.91. The van der Waals surface area contributed by atoms with E-state index in [0.717, 1.165) is 25.1 Å². The second-order valence-corrected chi connectivity index (χ2v) is 4.91. The SMILES string of the molecule is OC1(c2cnccn2)CCN2CCCC2C1. The molecule has 2 aliphatic rings. The number of aliphatic hydroxyl groups is 1. The van der Waals surface area contributed by atoms with Crippen molar-refractivity contribution < 1.29 is 5.11 Å². The van der Waals surface area contributed by atoms with Crippen LogP contribution in [-0.4, -0.2) is 39.1 Å². The van der Waals surface area contributed by atoms with Crippen LogP contribution in [0.2, 0.25) is 0 Å². The molecule has 2 saturated heterocycles. The number of rotatable bonds is 1. The zero-order valence-corrected chi connectivity index (χ0v) is 9.34. The van der Waals surface area contributed by atoms with Crippen molar-refractivity contribution in [2.45, 2.75) is 37.3 Å². The molecule has 4 nitrogen and oxygen atoms in total. The Kier molecular flexibility index (Phi) is 2.41. The molecule has 0 bridgehead atoms. The highest BCUT2D eigenvalue weighted by Gasteiger charge is 2.42. The van der Waals surface area contributed by atoms with Crippen molar-refractivity contribution in [2.75, 3.05) is 13.1 Å². The molecule has 0 radical (unpaired) electrons. The molecule has 0 aromatic carbocycles. The molecule has 16 heavy (non-hydrogen) atoms. The van der Waals surface area contributed by atoms with Gasteiger partial charge in [-0.15, -0.1) is 0 Å². The normalized spacial score (nSPS) is 34.9. The summed E-state index contributed by atoms with van der Waals surface area (Å²) in [5.74, 6) is 0. The zero-order chi connectivity index (χ0) is 11.0. The molecule has 0 aliphatic carbocycles. The van der Waals surface area contributed by atoms with Crippen molar-refractivity contribution in [2.24, 2.45) is 0 Å². The Morgan fingerprint density at radius 3 is 3.12 bits per heavy atom. The van der Waals surface area contributed by atoms with Crippen LogP contribution in [0, 0.1) is 0 Å². The van der Waals surface area contributed by atoms with Crippen molar-refractivity contribution in [3.05, 3.63) is 24.3 Å². The Morgan fingerprint density at radius 2 is 2.31 bits per heavy atom. The largest absolute Gasteiger partial charge is 0.383 e. The molecule has 3 heterocycles. The molecule has 4 heteroatoms. The maximum Gasteiger partial charge on any atom is 0.111 e. The minimum absolute atomic E-state index is 0.542. The molecular weight excluding hydrogens is 202 g/mol. The lowest BCUT2D eigenvalue weighted by Gasteiger charge is -2.40. The molecule has 86 valence electrons. The summed E-state index contributed by atoms with van der Waals surface area (Å²) in [6.07, 6.45) is 9.08. The van der Waals surface area contributed by atoms with Gasteiger partial charge in [0.2, 0.25) is 0 Å². The molecule has 0 saturated carbocycles. The first-order valence-electron chi connectivity index (χ1n) is 6.01. The lowest BCUT2D eigenvalue weighted by Crippen LogP contribution is -2.46. The molecule has 2 aliphatic heterocycles. The second kappa shape index (κ2) is 3.79. The highest BCUT2D eigenvalue weighted by atomic mass is 16.3. The Morgan fingerprint density at radius 1 is 1.38 bits per heavy atom. The summed E-state index contributed by atoms with van der Waals surface area (Å²) in [6, 6.07) is 0.542. The molecule has 1 aromatic rings. The highest BCUT2D eigenvalue weighted by molar-refractivity contribution is 5.11. The van der Waals surface area contributed by atoms with E-state index in [9.17, 15) is 5.11 Å². The van der Waals surface area contributed by atoms with Gasteiger partial charge in [-0.05, 0) is 32.2 Å². The van der Waals surface area contributed by atoms with E-state index in [2.05, 4.69) is 14.9 Å². The fourth-order valence-electron chi connectivity index (χ4n) is 3.01. The van der Waals surface area contributed by atoms with E-state index in [1.54, 1.807) is 18.6 Å². The van der Waals surface area contributed by atoms with E-state index < -0.39 is 5.60 Å². The van der Waals surface area contributed by atoms with Gasteiger partial charge < -0.3 is 10.0 Å². The number of aromatic nitrogens is 2. The predicted molar refractivity (Wildman–Crippen MR) is 59.8 cm³/mol. The Hall–Kier alpha value is -1.00. The number of hydrogen-bond acceptors (Lipinski definition) is 4. The van der Waals surface area contributed by atoms with E-state index in [1.165, 1.54) is 19.4 Å². The van der Waals surface area contributed by atoms with Gasteiger partial charge in [0, 0.05) is 25.0 Å². The Balaban J connectivity index is 1.84. The van der Waals surface area contributed by atoms with Crippen molar-refractivity contribution in [3.63, 3.8) is 0 Å². The molecule has 2 unspecified atom stereocenters. The van der Waals surface area contributed by atoms with Gasteiger partial charge >= 0.3 is 0 Å². The van der Waals surface area contributed by atoms with Crippen molar-refractivity contribution in [1.82, 2.24) is 14.9 Å². The lowest BCUT2D eigenvalue weighted by atomic mass is 9.84. The number of piperidine rings is 1. The molecular formula is C12H17N3O. The van der Waals surface area contributed by atoms with Crippen LogP contribution in [0.4, 0.5) is 0 Å². The van der Waals surface area contributed by atoms with Gasteiger partial charge in [-0.2, -0.15) is 0 Å². The minimum Gasteiger partial charge on any atom is -0.383 e. The summed E-state index contributed by atoms with van der Waals surface area (Å²) >= 11 is 0. The molecule has 2 fully saturated rings. The van der Waals surface area contributed by atoms with E-state index in [1.807, 2.05) is 0 Å². The standard InChI is InChI=1S/C12H17N3O/c16-12(11-9-13-4-5-14-11)3-7-15-6-1-2-10(15)8-12/h4-5,9-10,16H,1-3,6-8H2. The third-order valence-corrected chi connectivity index (χ3v) is 3.92. The number of fused-ring (bicyclic) bond motifs is 1. The summed E-state index contributed by atoms with van der Waals surface area (Å²) < 4.78 is 0. The van der Waals surface area contributed by atoms with Crippen molar-refractivity contribution in [1.29, 1.82) is 0 Å². The van der Waals surface area contributed by atoms with Crippen LogP contribution in [0.1, 0.15) is 31.4 Å². The quantitative estimate of drug-likeness (QED) is 0.763. The van der Waals surface area contributed by atoms with Crippen LogP contribution >= 0.6 is 0 Å². The molecule has 0 spiro atoms. The smallest absolute Gasteiger partial charge is 0.111 e. The Labute approximate surface area is 95.3 Å². The topological polar surface area (TPSA) is 49.3 Å². The van der Waals surface area contributed by atoms with Crippen LogP contribution in [0.3, 0.4) is 0 Å². The van der Waals surface area contributed by atoms with Crippen molar-refractivity contribution >= 4 is 0 Å². The van der Waals surface area contributed by atoms with Gasteiger partial charge in [-0.25, -0.2) is 0 Å². The first-order valence-corrected chi connectivity index (χ1v) is 6.01. The van der Waals surface area contributed by atoms with Crippen LogP contribution in [-0.2, 0) is 5.60 Å². The maximum absolute atomic E-state index is 10.7. The van der Waals surface area contributed by atoms with E-state index >= 15 is 0 Å². The zero-order valence-electron chi connectivity index (χ0n) is 9.34. The highest BCUT2D eigenvalue weighted by Crippen LogP contribution is 2.38. The van der Waals surface area contributed by atoms with Crippen LogP contribution < -0.4 is 0 Å². The minimum atomic E-state index is -0.750. The van der Waals surface area contributed by atoms with Gasteiger partial charge in [0.1, 0.15) is 5.60 Å². The summed E-state index contributed by atoms with van der Waals surface area (Å²) in [4.78, 5) is 10.8. The molecule has 2 atom stereocenters. The summed E-state index contributed by atoms with van der Waals surface area (Å²) in [5, 5.41) is 10.7. The van der Waals surface area contributed by atoms with Gasteiger partial charge in [-0.3, -0.25) is 9.97 Å². The molecule has 3 rings (SSSR count). The lowest BCUT2D eigenvalue weighted by molar-refractivity contribution is -0.0443. The first kappa shape index (κ1) is 10.2. The molecule has 1 aromatic heterocycles.